The van der Waals surface area contributed by atoms with Crippen molar-refractivity contribution in [2.45, 2.75) is 50.3 Å². The van der Waals surface area contributed by atoms with Gasteiger partial charge in [0.2, 0.25) is 0 Å². The zero-order chi connectivity index (χ0) is 15.9. The lowest BCUT2D eigenvalue weighted by atomic mass is 9.49. The smallest absolute Gasteiger partial charge is 0.252 e. The molecule has 0 heterocycles. The number of hydrogen-bond acceptors (Lipinski definition) is 2. The fourth-order valence-electron chi connectivity index (χ4n) is 5.81. The molecule has 0 aromatic heterocycles. The first kappa shape index (κ1) is 15.6. The van der Waals surface area contributed by atoms with Crippen molar-refractivity contribution in [3.05, 3.63) is 29.8 Å². The van der Waals surface area contributed by atoms with Gasteiger partial charge in [-0.15, -0.1) is 11.8 Å². The third-order valence-corrected chi connectivity index (χ3v) is 7.18. The number of thioether (sulfide) groups is 1. The summed E-state index contributed by atoms with van der Waals surface area (Å²) in [6.45, 7) is 3.02. The first-order valence-electron chi connectivity index (χ1n) is 9.17. The molecule has 0 saturated heterocycles. The van der Waals surface area contributed by atoms with Crippen LogP contribution in [0.1, 0.15) is 55.8 Å². The maximum atomic E-state index is 12.7. The molecule has 0 radical (unpaired) electrons. The Kier molecular flexibility index (Phi) is 4.17. The molecule has 23 heavy (non-hydrogen) atoms. The van der Waals surface area contributed by atoms with E-state index in [1.54, 1.807) is 11.8 Å². The van der Waals surface area contributed by atoms with Gasteiger partial charge in [-0.3, -0.25) is 4.79 Å². The van der Waals surface area contributed by atoms with Gasteiger partial charge < -0.3 is 5.32 Å². The van der Waals surface area contributed by atoms with Gasteiger partial charge in [0, 0.05) is 11.4 Å². The molecule has 4 aliphatic carbocycles. The van der Waals surface area contributed by atoms with Crippen molar-refractivity contribution < 1.29 is 4.79 Å². The van der Waals surface area contributed by atoms with Gasteiger partial charge in [-0.25, -0.2) is 0 Å². The highest BCUT2D eigenvalue weighted by atomic mass is 32.2. The molecule has 0 atom stereocenters. The van der Waals surface area contributed by atoms with Crippen LogP contribution in [0.2, 0.25) is 0 Å². The second-order valence-electron chi connectivity index (χ2n) is 8.03. The Morgan fingerprint density at radius 2 is 1.74 bits per heavy atom. The Morgan fingerprint density at radius 1 is 1.13 bits per heavy atom. The molecule has 1 aromatic carbocycles. The van der Waals surface area contributed by atoms with Gasteiger partial charge in [-0.05, 0) is 79.6 Å². The summed E-state index contributed by atoms with van der Waals surface area (Å²) in [7, 11) is 0. The van der Waals surface area contributed by atoms with Crippen LogP contribution < -0.4 is 5.32 Å². The van der Waals surface area contributed by atoms with Gasteiger partial charge in [0.15, 0.2) is 0 Å². The van der Waals surface area contributed by atoms with Crippen molar-refractivity contribution in [1.29, 1.82) is 0 Å². The second-order valence-corrected chi connectivity index (χ2v) is 9.34. The predicted octanol–water partition coefficient (Wildman–Crippen LogP) is 4.74. The molecule has 2 nitrogen and oxygen atoms in total. The topological polar surface area (TPSA) is 29.1 Å². The van der Waals surface area contributed by atoms with Gasteiger partial charge in [-0.1, -0.05) is 19.1 Å². The maximum Gasteiger partial charge on any atom is 0.252 e. The van der Waals surface area contributed by atoms with Crippen LogP contribution in [0.15, 0.2) is 29.2 Å². The summed E-state index contributed by atoms with van der Waals surface area (Å²) < 4.78 is 0. The highest BCUT2D eigenvalue weighted by molar-refractivity contribution is 7.99. The van der Waals surface area contributed by atoms with Crippen LogP contribution in [0.5, 0.6) is 0 Å². The standard InChI is InChI=1S/C20H27NOS/c1-2-23-18-6-4-3-5-17(18)19(22)21-13-20-10-14-7-15(11-20)9-16(8-14)12-20/h3-6,14-16H,2,7-13H2,1H3,(H,21,22). The molecule has 1 amide bonds. The zero-order valence-corrected chi connectivity index (χ0v) is 14.8. The minimum atomic E-state index is 0.122. The Labute approximate surface area is 143 Å². The molecule has 4 saturated carbocycles. The average molecular weight is 330 g/mol. The van der Waals surface area contributed by atoms with Gasteiger partial charge >= 0.3 is 0 Å². The summed E-state index contributed by atoms with van der Waals surface area (Å²) in [5.41, 5.74) is 1.26. The third-order valence-electron chi connectivity index (χ3n) is 6.22. The second kappa shape index (κ2) is 6.16. The number of rotatable bonds is 5. The number of carbonyl (C=O) groups excluding carboxylic acids is 1. The van der Waals surface area contributed by atoms with E-state index in [4.69, 9.17) is 0 Å². The van der Waals surface area contributed by atoms with E-state index in [1.807, 2.05) is 18.2 Å². The van der Waals surface area contributed by atoms with Crippen LogP contribution in [-0.4, -0.2) is 18.2 Å². The van der Waals surface area contributed by atoms with E-state index in [-0.39, 0.29) is 5.91 Å². The Hall–Kier alpha value is -0.960. The highest BCUT2D eigenvalue weighted by Crippen LogP contribution is 2.59. The molecule has 4 aliphatic rings. The lowest BCUT2D eigenvalue weighted by Crippen LogP contribution is -2.51. The van der Waals surface area contributed by atoms with E-state index in [1.165, 1.54) is 38.5 Å². The Balaban J connectivity index is 1.44. The normalized spacial score (nSPS) is 34.6. The summed E-state index contributed by atoms with van der Waals surface area (Å²) in [6.07, 6.45) is 8.44. The number of hydrogen-bond donors (Lipinski definition) is 1. The van der Waals surface area contributed by atoms with E-state index < -0.39 is 0 Å². The number of benzene rings is 1. The third kappa shape index (κ3) is 3.05. The molecular weight excluding hydrogens is 302 g/mol. The van der Waals surface area contributed by atoms with Crippen molar-refractivity contribution in [2.24, 2.45) is 23.2 Å². The molecular formula is C20H27NOS. The molecule has 5 rings (SSSR count). The number of carbonyl (C=O) groups is 1. The van der Waals surface area contributed by atoms with E-state index in [0.717, 1.165) is 40.5 Å². The van der Waals surface area contributed by atoms with Gasteiger partial charge in [0.1, 0.15) is 0 Å². The SMILES string of the molecule is CCSc1ccccc1C(=O)NCC12CC3CC(CC(C3)C1)C2. The van der Waals surface area contributed by atoms with Gasteiger partial charge in [0.25, 0.3) is 5.91 Å². The van der Waals surface area contributed by atoms with E-state index in [0.29, 0.717) is 5.41 Å². The maximum absolute atomic E-state index is 12.7. The minimum absolute atomic E-state index is 0.122. The summed E-state index contributed by atoms with van der Waals surface area (Å²) in [4.78, 5) is 13.8. The monoisotopic (exact) mass is 329 g/mol. The van der Waals surface area contributed by atoms with Crippen LogP contribution in [0, 0.1) is 23.2 Å². The molecule has 4 bridgehead atoms. The summed E-state index contributed by atoms with van der Waals surface area (Å²) in [5, 5.41) is 3.30. The fourth-order valence-corrected chi connectivity index (χ4v) is 6.61. The first-order chi connectivity index (χ1) is 11.2. The molecule has 3 heteroatoms. The molecule has 0 spiro atoms. The molecule has 1 aromatic rings. The predicted molar refractivity (Wildman–Crippen MR) is 95.8 cm³/mol. The van der Waals surface area contributed by atoms with Crippen molar-refractivity contribution >= 4 is 17.7 Å². The van der Waals surface area contributed by atoms with Gasteiger partial charge in [0.05, 0.1) is 5.56 Å². The summed E-state index contributed by atoms with van der Waals surface area (Å²) >= 11 is 1.75. The minimum Gasteiger partial charge on any atom is -0.351 e. The fraction of sp³-hybridized carbons (Fsp3) is 0.650. The van der Waals surface area contributed by atoms with E-state index in [9.17, 15) is 4.79 Å². The van der Waals surface area contributed by atoms with Crippen molar-refractivity contribution in [3.8, 4) is 0 Å². The number of nitrogens with one attached hydrogen (secondary N) is 1. The van der Waals surface area contributed by atoms with Crippen molar-refractivity contribution in [2.75, 3.05) is 12.3 Å². The molecule has 124 valence electrons. The lowest BCUT2D eigenvalue weighted by molar-refractivity contribution is -0.0503. The molecule has 1 N–H and O–H groups in total. The largest absolute Gasteiger partial charge is 0.351 e. The van der Waals surface area contributed by atoms with E-state index >= 15 is 0 Å². The van der Waals surface area contributed by atoms with Crippen LogP contribution in [0.4, 0.5) is 0 Å². The van der Waals surface area contributed by atoms with E-state index in [2.05, 4.69) is 18.3 Å². The average Bonchev–Trinajstić information content (AvgIpc) is 2.52. The van der Waals surface area contributed by atoms with Crippen LogP contribution in [0.25, 0.3) is 0 Å². The number of amides is 1. The van der Waals surface area contributed by atoms with Crippen molar-refractivity contribution in [1.82, 2.24) is 5.32 Å². The lowest BCUT2D eigenvalue weighted by Gasteiger charge is -2.56. The Morgan fingerprint density at radius 3 is 2.35 bits per heavy atom. The van der Waals surface area contributed by atoms with Gasteiger partial charge in [-0.2, -0.15) is 0 Å². The summed E-state index contributed by atoms with van der Waals surface area (Å²) in [6, 6.07) is 8.02. The Bertz CT molecular complexity index is 562. The quantitative estimate of drug-likeness (QED) is 0.790. The van der Waals surface area contributed by atoms with Crippen LogP contribution >= 0.6 is 11.8 Å². The van der Waals surface area contributed by atoms with Crippen LogP contribution in [0.3, 0.4) is 0 Å². The van der Waals surface area contributed by atoms with Crippen LogP contribution in [-0.2, 0) is 0 Å². The molecule has 0 aliphatic heterocycles. The zero-order valence-electron chi connectivity index (χ0n) is 14.0. The highest BCUT2D eigenvalue weighted by Gasteiger charge is 2.50. The molecule has 0 unspecified atom stereocenters. The first-order valence-corrected chi connectivity index (χ1v) is 10.2. The molecule has 4 fully saturated rings. The summed E-state index contributed by atoms with van der Waals surface area (Å²) in [5.74, 6) is 3.96. The van der Waals surface area contributed by atoms with Crippen molar-refractivity contribution in [3.63, 3.8) is 0 Å².